The molecule has 2 aromatic carbocycles. The summed E-state index contributed by atoms with van der Waals surface area (Å²) in [6, 6.07) is 14.8. The fourth-order valence-electron chi connectivity index (χ4n) is 2.08. The maximum absolute atomic E-state index is 12.2. The molecule has 0 aliphatic rings. The smallest absolute Gasteiger partial charge is 0.343 e. The molecular formula is C20H24N2O2. The number of rotatable bonds is 4. The summed E-state index contributed by atoms with van der Waals surface area (Å²) in [4.78, 5) is 12.2. The summed E-state index contributed by atoms with van der Waals surface area (Å²) in [6.07, 6.45) is 1.75. The summed E-state index contributed by atoms with van der Waals surface area (Å²) in [5, 5.41) is 5.88. The average molecular weight is 324 g/mol. The Hall–Kier alpha value is -2.62. The SMILES string of the molecule is CN(C)/N=C\c1ccc(OC(=O)c2ccc(C(C)(C)C)cc2)cc1. The predicted octanol–water partition coefficient (Wildman–Crippen LogP) is 4.10. The van der Waals surface area contributed by atoms with Crippen LogP contribution in [0.2, 0.25) is 0 Å². The van der Waals surface area contributed by atoms with Gasteiger partial charge in [0.1, 0.15) is 5.75 Å². The van der Waals surface area contributed by atoms with Crippen molar-refractivity contribution < 1.29 is 9.53 Å². The molecule has 0 amide bonds. The van der Waals surface area contributed by atoms with Gasteiger partial charge in [-0.05, 0) is 52.9 Å². The number of benzene rings is 2. The van der Waals surface area contributed by atoms with E-state index in [2.05, 4.69) is 25.9 Å². The molecule has 126 valence electrons. The molecule has 0 atom stereocenters. The van der Waals surface area contributed by atoms with Gasteiger partial charge >= 0.3 is 5.97 Å². The number of hydrazone groups is 1. The molecule has 0 aromatic heterocycles. The van der Waals surface area contributed by atoms with Gasteiger partial charge in [0.15, 0.2) is 0 Å². The Kier molecular flexibility index (Phi) is 5.39. The summed E-state index contributed by atoms with van der Waals surface area (Å²) >= 11 is 0. The summed E-state index contributed by atoms with van der Waals surface area (Å²) < 4.78 is 5.41. The number of carbonyl (C=O) groups is 1. The molecule has 0 unspecified atom stereocenters. The molecule has 0 aliphatic heterocycles. The second kappa shape index (κ2) is 7.30. The van der Waals surface area contributed by atoms with Crippen molar-refractivity contribution in [3.63, 3.8) is 0 Å². The van der Waals surface area contributed by atoms with Crippen molar-refractivity contribution in [3.8, 4) is 5.75 Å². The van der Waals surface area contributed by atoms with E-state index in [1.54, 1.807) is 35.5 Å². The fourth-order valence-corrected chi connectivity index (χ4v) is 2.08. The Labute approximate surface area is 143 Å². The molecule has 0 aliphatic carbocycles. The van der Waals surface area contributed by atoms with Crippen molar-refractivity contribution in [1.29, 1.82) is 0 Å². The highest BCUT2D eigenvalue weighted by molar-refractivity contribution is 5.91. The third kappa shape index (κ3) is 4.95. The van der Waals surface area contributed by atoms with E-state index in [0.29, 0.717) is 11.3 Å². The molecule has 2 aromatic rings. The number of ether oxygens (including phenoxy) is 1. The van der Waals surface area contributed by atoms with Gasteiger partial charge in [0, 0.05) is 14.1 Å². The van der Waals surface area contributed by atoms with Crippen molar-refractivity contribution >= 4 is 12.2 Å². The molecule has 0 fully saturated rings. The number of nitrogens with zero attached hydrogens (tertiary/aromatic N) is 2. The zero-order valence-electron chi connectivity index (χ0n) is 14.9. The van der Waals surface area contributed by atoms with E-state index in [-0.39, 0.29) is 11.4 Å². The zero-order chi connectivity index (χ0) is 17.7. The van der Waals surface area contributed by atoms with Crippen LogP contribution in [-0.2, 0) is 5.41 Å². The standard InChI is InChI=1S/C20H24N2O2/c1-20(2,3)17-10-8-16(9-11-17)19(23)24-18-12-6-15(7-13-18)14-21-22(4)5/h6-14H,1-5H3/b21-14-. The maximum Gasteiger partial charge on any atom is 0.343 e. The topological polar surface area (TPSA) is 41.9 Å². The molecule has 24 heavy (non-hydrogen) atoms. The van der Waals surface area contributed by atoms with Crippen LogP contribution in [0.15, 0.2) is 53.6 Å². The van der Waals surface area contributed by atoms with Crippen LogP contribution in [0, 0.1) is 0 Å². The molecule has 0 heterocycles. The van der Waals surface area contributed by atoms with Gasteiger partial charge in [-0.25, -0.2) is 4.79 Å². The molecule has 0 radical (unpaired) electrons. The van der Waals surface area contributed by atoms with Crippen LogP contribution < -0.4 is 4.74 Å². The number of hydrogen-bond donors (Lipinski definition) is 0. The predicted molar refractivity (Wildman–Crippen MR) is 97.8 cm³/mol. The number of carbonyl (C=O) groups excluding carboxylic acids is 1. The van der Waals surface area contributed by atoms with Crippen molar-refractivity contribution in [3.05, 3.63) is 65.2 Å². The van der Waals surface area contributed by atoms with Gasteiger partial charge in [0.05, 0.1) is 11.8 Å². The number of hydrogen-bond acceptors (Lipinski definition) is 4. The van der Waals surface area contributed by atoms with Crippen LogP contribution in [0.3, 0.4) is 0 Å². The second-order valence-corrected chi connectivity index (χ2v) is 6.88. The second-order valence-electron chi connectivity index (χ2n) is 6.88. The van der Waals surface area contributed by atoms with E-state index < -0.39 is 0 Å². The molecule has 0 N–H and O–H groups in total. The first-order valence-electron chi connectivity index (χ1n) is 7.90. The highest BCUT2D eigenvalue weighted by Crippen LogP contribution is 2.22. The highest BCUT2D eigenvalue weighted by Gasteiger charge is 2.15. The lowest BCUT2D eigenvalue weighted by atomic mass is 9.87. The summed E-state index contributed by atoms with van der Waals surface area (Å²) in [5.41, 5.74) is 2.73. The minimum Gasteiger partial charge on any atom is -0.423 e. The third-order valence-corrected chi connectivity index (χ3v) is 3.52. The molecule has 0 saturated carbocycles. The molecule has 0 spiro atoms. The maximum atomic E-state index is 12.2. The Bertz CT molecular complexity index is 709. The van der Waals surface area contributed by atoms with Gasteiger partial charge < -0.3 is 9.75 Å². The Morgan fingerprint density at radius 2 is 1.58 bits per heavy atom. The normalized spacial score (nSPS) is 11.5. The van der Waals surface area contributed by atoms with Gasteiger partial charge in [-0.2, -0.15) is 5.10 Å². The van der Waals surface area contributed by atoms with Crippen LogP contribution in [0.1, 0.15) is 42.3 Å². The molecule has 0 bridgehead atoms. The fraction of sp³-hybridized carbons (Fsp3) is 0.300. The monoisotopic (exact) mass is 324 g/mol. The summed E-state index contributed by atoms with van der Waals surface area (Å²) in [7, 11) is 3.72. The van der Waals surface area contributed by atoms with E-state index in [1.807, 2.05) is 38.4 Å². The summed E-state index contributed by atoms with van der Waals surface area (Å²) in [6.45, 7) is 6.42. The van der Waals surface area contributed by atoms with Gasteiger partial charge in [-0.3, -0.25) is 0 Å². The minimum atomic E-state index is -0.356. The Morgan fingerprint density at radius 3 is 2.08 bits per heavy atom. The van der Waals surface area contributed by atoms with Crippen LogP contribution in [-0.4, -0.2) is 31.3 Å². The number of esters is 1. The van der Waals surface area contributed by atoms with Crippen LogP contribution >= 0.6 is 0 Å². The molecule has 0 saturated heterocycles. The Balaban J connectivity index is 2.04. The first-order chi connectivity index (χ1) is 11.3. The van der Waals surface area contributed by atoms with E-state index in [0.717, 1.165) is 5.56 Å². The summed E-state index contributed by atoms with van der Waals surface area (Å²) in [5.74, 6) is 0.159. The molecule has 2 rings (SSSR count). The van der Waals surface area contributed by atoms with Crippen LogP contribution in [0.4, 0.5) is 0 Å². The average Bonchev–Trinajstić information content (AvgIpc) is 2.53. The highest BCUT2D eigenvalue weighted by atomic mass is 16.5. The van der Waals surface area contributed by atoms with E-state index in [1.165, 1.54) is 5.56 Å². The van der Waals surface area contributed by atoms with Gasteiger partial charge in [0.2, 0.25) is 0 Å². The quantitative estimate of drug-likeness (QED) is 0.368. The van der Waals surface area contributed by atoms with Gasteiger partial charge in [0.25, 0.3) is 0 Å². The first-order valence-corrected chi connectivity index (χ1v) is 7.90. The van der Waals surface area contributed by atoms with Gasteiger partial charge in [-0.15, -0.1) is 0 Å². The lowest BCUT2D eigenvalue weighted by Crippen LogP contribution is -2.12. The lowest BCUT2D eigenvalue weighted by Gasteiger charge is -2.18. The largest absolute Gasteiger partial charge is 0.423 e. The van der Waals surface area contributed by atoms with Gasteiger partial charge in [-0.1, -0.05) is 32.9 Å². The van der Waals surface area contributed by atoms with E-state index in [4.69, 9.17) is 4.74 Å². The zero-order valence-corrected chi connectivity index (χ0v) is 14.9. The molecule has 4 nitrogen and oxygen atoms in total. The molecule has 4 heteroatoms. The lowest BCUT2D eigenvalue weighted by molar-refractivity contribution is 0.0734. The van der Waals surface area contributed by atoms with Crippen molar-refractivity contribution in [2.75, 3.05) is 14.1 Å². The van der Waals surface area contributed by atoms with Crippen molar-refractivity contribution in [2.24, 2.45) is 5.10 Å². The minimum absolute atomic E-state index is 0.0619. The van der Waals surface area contributed by atoms with E-state index in [9.17, 15) is 4.79 Å². The van der Waals surface area contributed by atoms with Crippen molar-refractivity contribution in [1.82, 2.24) is 5.01 Å². The van der Waals surface area contributed by atoms with Crippen LogP contribution in [0.5, 0.6) is 5.75 Å². The van der Waals surface area contributed by atoms with Crippen molar-refractivity contribution in [2.45, 2.75) is 26.2 Å². The van der Waals surface area contributed by atoms with Crippen LogP contribution in [0.25, 0.3) is 0 Å². The molecular weight excluding hydrogens is 300 g/mol. The first kappa shape index (κ1) is 17.7. The van der Waals surface area contributed by atoms with E-state index >= 15 is 0 Å². The third-order valence-electron chi connectivity index (χ3n) is 3.52. The Morgan fingerprint density at radius 1 is 1.00 bits per heavy atom.